The van der Waals surface area contributed by atoms with Gasteiger partial charge in [0.2, 0.25) is 0 Å². The number of benzene rings is 1. The van der Waals surface area contributed by atoms with Crippen LogP contribution >= 0.6 is 0 Å². The molecule has 0 spiro atoms. The summed E-state index contributed by atoms with van der Waals surface area (Å²) >= 11 is 0. The van der Waals surface area contributed by atoms with Crippen LogP contribution in [0.4, 0.5) is 8.78 Å². The Kier molecular flexibility index (Phi) is 5.69. The van der Waals surface area contributed by atoms with E-state index in [9.17, 15) is 8.78 Å². The van der Waals surface area contributed by atoms with Gasteiger partial charge in [0, 0.05) is 25.3 Å². The lowest BCUT2D eigenvalue weighted by molar-refractivity contribution is 0.151. The van der Waals surface area contributed by atoms with Gasteiger partial charge >= 0.3 is 0 Å². The second-order valence-electron chi connectivity index (χ2n) is 5.29. The molecule has 0 aliphatic heterocycles. The number of halogens is 2. The van der Waals surface area contributed by atoms with Gasteiger partial charge in [-0.2, -0.15) is 0 Å². The molecule has 1 aromatic rings. The van der Waals surface area contributed by atoms with Gasteiger partial charge in [-0.3, -0.25) is 0 Å². The Labute approximate surface area is 107 Å². The summed E-state index contributed by atoms with van der Waals surface area (Å²) in [6, 6.07) is 6.44. The van der Waals surface area contributed by atoms with Gasteiger partial charge in [-0.05, 0) is 23.5 Å². The van der Waals surface area contributed by atoms with Crippen LogP contribution in [0.25, 0.3) is 0 Å². The molecule has 4 heteroatoms. The highest BCUT2D eigenvalue weighted by molar-refractivity contribution is 5.24. The maximum atomic E-state index is 12.5. The predicted molar refractivity (Wildman–Crippen MR) is 68.6 cm³/mol. The topological polar surface area (TPSA) is 32.3 Å². The second-order valence-corrected chi connectivity index (χ2v) is 5.29. The second kappa shape index (κ2) is 6.81. The van der Waals surface area contributed by atoms with Crippen LogP contribution in [0.3, 0.4) is 0 Å². The van der Waals surface area contributed by atoms with Crippen molar-refractivity contribution in [2.75, 3.05) is 13.2 Å². The zero-order chi connectivity index (χ0) is 13.6. The highest BCUT2D eigenvalue weighted by atomic mass is 19.3. The Morgan fingerprint density at radius 2 is 2.06 bits per heavy atom. The van der Waals surface area contributed by atoms with E-state index in [1.807, 2.05) is 6.07 Å². The van der Waals surface area contributed by atoms with Gasteiger partial charge in [0.05, 0.1) is 0 Å². The predicted octanol–water partition coefficient (Wildman–Crippen LogP) is 3.12. The summed E-state index contributed by atoms with van der Waals surface area (Å²) in [5.41, 5.74) is 0.922. The zero-order valence-corrected chi connectivity index (χ0v) is 10.9. The minimum Gasteiger partial charge on any atom is -0.396 e. The Balaban J connectivity index is 2.46. The van der Waals surface area contributed by atoms with Crippen molar-refractivity contribution in [3.05, 3.63) is 35.4 Å². The van der Waals surface area contributed by atoms with Crippen molar-refractivity contribution in [2.24, 2.45) is 5.41 Å². The van der Waals surface area contributed by atoms with Crippen molar-refractivity contribution >= 4 is 0 Å². The summed E-state index contributed by atoms with van der Waals surface area (Å²) in [7, 11) is 0. The molecule has 0 aromatic heterocycles. The minimum absolute atomic E-state index is 0.00900. The lowest BCUT2D eigenvalue weighted by Gasteiger charge is -2.24. The van der Waals surface area contributed by atoms with Gasteiger partial charge in [0.25, 0.3) is 6.43 Å². The third-order valence-electron chi connectivity index (χ3n) is 2.92. The third-order valence-corrected chi connectivity index (χ3v) is 2.92. The van der Waals surface area contributed by atoms with Gasteiger partial charge < -0.3 is 10.4 Å². The third kappa shape index (κ3) is 5.10. The van der Waals surface area contributed by atoms with Crippen LogP contribution in [0.5, 0.6) is 0 Å². The SMILES string of the molecule is CC(C)(CCO)CNCc1cccc(C(F)F)c1. The van der Waals surface area contributed by atoms with Crippen molar-refractivity contribution in [1.82, 2.24) is 5.32 Å². The number of aliphatic hydroxyl groups excluding tert-OH is 1. The average Bonchev–Trinajstić information content (AvgIpc) is 2.29. The number of alkyl halides is 2. The van der Waals surface area contributed by atoms with E-state index < -0.39 is 6.43 Å². The van der Waals surface area contributed by atoms with Gasteiger partial charge in [-0.15, -0.1) is 0 Å². The molecule has 1 aromatic carbocycles. The smallest absolute Gasteiger partial charge is 0.263 e. The van der Waals surface area contributed by atoms with Crippen molar-refractivity contribution in [3.8, 4) is 0 Å². The summed E-state index contributed by atoms with van der Waals surface area (Å²) in [6.07, 6.45) is -1.70. The molecule has 1 rings (SSSR count). The molecule has 0 saturated heterocycles. The molecule has 18 heavy (non-hydrogen) atoms. The van der Waals surface area contributed by atoms with E-state index in [1.54, 1.807) is 6.07 Å². The van der Waals surface area contributed by atoms with Crippen LogP contribution in [-0.2, 0) is 6.54 Å². The van der Waals surface area contributed by atoms with E-state index in [0.29, 0.717) is 6.54 Å². The lowest BCUT2D eigenvalue weighted by atomic mass is 9.90. The first-order valence-electron chi connectivity index (χ1n) is 6.13. The van der Waals surface area contributed by atoms with E-state index in [-0.39, 0.29) is 17.6 Å². The van der Waals surface area contributed by atoms with Gasteiger partial charge in [0.15, 0.2) is 0 Å². The van der Waals surface area contributed by atoms with E-state index >= 15 is 0 Å². The molecule has 102 valence electrons. The number of rotatable bonds is 7. The summed E-state index contributed by atoms with van der Waals surface area (Å²) in [4.78, 5) is 0. The first kappa shape index (κ1) is 15.1. The van der Waals surface area contributed by atoms with E-state index in [2.05, 4.69) is 19.2 Å². The van der Waals surface area contributed by atoms with Crippen molar-refractivity contribution in [1.29, 1.82) is 0 Å². The fraction of sp³-hybridized carbons (Fsp3) is 0.571. The fourth-order valence-electron chi connectivity index (χ4n) is 1.78. The maximum absolute atomic E-state index is 12.5. The lowest BCUT2D eigenvalue weighted by Crippen LogP contribution is -2.29. The molecular formula is C14H21F2NO. The first-order chi connectivity index (χ1) is 8.44. The molecule has 2 nitrogen and oxygen atoms in total. The number of aliphatic hydroxyl groups is 1. The highest BCUT2D eigenvalue weighted by Crippen LogP contribution is 2.20. The van der Waals surface area contributed by atoms with Crippen molar-refractivity contribution < 1.29 is 13.9 Å². The van der Waals surface area contributed by atoms with Gasteiger partial charge in [0.1, 0.15) is 0 Å². The summed E-state index contributed by atoms with van der Waals surface area (Å²) in [6.45, 7) is 5.59. The largest absolute Gasteiger partial charge is 0.396 e. The minimum atomic E-state index is -2.42. The zero-order valence-electron chi connectivity index (χ0n) is 10.9. The standard InChI is InChI=1S/C14H21F2NO/c1-14(2,6-7-18)10-17-9-11-4-3-5-12(8-11)13(15)16/h3-5,8,13,17-18H,6-7,9-10H2,1-2H3. The van der Waals surface area contributed by atoms with Gasteiger partial charge in [-0.25, -0.2) is 8.78 Å². The van der Waals surface area contributed by atoms with E-state index in [4.69, 9.17) is 5.11 Å². The maximum Gasteiger partial charge on any atom is 0.263 e. The molecular weight excluding hydrogens is 236 g/mol. The average molecular weight is 257 g/mol. The molecule has 0 heterocycles. The molecule has 0 unspecified atom stereocenters. The molecule has 0 aliphatic rings. The van der Waals surface area contributed by atoms with E-state index in [1.165, 1.54) is 12.1 Å². The van der Waals surface area contributed by atoms with Gasteiger partial charge in [-0.1, -0.05) is 32.0 Å². The van der Waals surface area contributed by atoms with Crippen LogP contribution in [0, 0.1) is 5.41 Å². The Morgan fingerprint density at radius 3 is 2.67 bits per heavy atom. The molecule has 0 saturated carbocycles. The van der Waals surface area contributed by atoms with Crippen LogP contribution < -0.4 is 5.32 Å². The normalized spacial score (nSPS) is 12.1. The Hall–Kier alpha value is -1.00. The fourth-order valence-corrected chi connectivity index (χ4v) is 1.78. The van der Waals surface area contributed by atoms with Crippen LogP contribution in [-0.4, -0.2) is 18.3 Å². The molecule has 0 amide bonds. The van der Waals surface area contributed by atoms with Crippen LogP contribution in [0.15, 0.2) is 24.3 Å². The van der Waals surface area contributed by atoms with Crippen LogP contribution in [0.1, 0.15) is 37.8 Å². The van der Waals surface area contributed by atoms with E-state index in [0.717, 1.165) is 18.5 Å². The monoisotopic (exact) mass is 257 g/mol. The molecule has 2 N–H and O–H groups in total. The summed E-state index contributed by atoms with van der Waals surface area (Å²) < 4.78 is 25.0. The number of hydrogen-bond donors (Lipinski definition) is 2. The first-order valence-corrected chi connectivity index (χ1v) is 6.13. The molecule has 0 aliphatic carbocycles. The highest BCUT2D eigenvalue weighted by Gasteiger charge is 2.16. The molecule has 0 fully saturated rings. The van der Waals surface area contributed by atoms with Crippen molar-refractivity contribution in [3.63, 3.8) is 0 Å². The van der Waals surface area contributed by atoms with Crippen LogP contribution in [0.2, 0.25) is 0 Å². The molecule has 0 radical (unpaired) electrons. The Morgan fingerprint density at radius 1 is 1.33 bits per heavy atom. The summed E-state index contributed by atoms with van der Waals surface area (Å²) in [5.74, 6) is 0. The quantitative estimate of drug-likeness (QED) is 0.786. The number of hydrogen-bond acceptors (Lipinski definition) is 2. The molecule has 0 atom stereocenters. The number of nitrogens with one attached hydrogen (secondary N) is 1. The summed E-state index contributed by atoms with van der Waals surface area (Å²) in [5, 5.41) is 12.1. The van der Waals surface area contributed by atoms with Crippen molar-refractivity contribution in [2.45, 2.75) is 33.2 Å². The Bertz CT molecular complexity index is 367. The molecule has 0 bridgehead atoms.